The Morgan fingerprint density at radius 2 is 2.31 bits per heavy atom. The first-order valence-electron chi connectivity index (χ1n) is 4.09. The molecule has 0 aromatic heterocycles. The molecule has 0 amide bonds. The molecule has 1 rings (SSSR count). The van der Waals surface area contributed by atoms with E-state index < -0.39 is 21.9 Å². The normalized spacial score (nSPS) is 25.4. The molecule has 0 unspecified atom stereocenters. The van der Waals surface area contributed by atoms with Crippen molar-refractivity contribution in [3.05, 3.63) is 0 Å². The van der Waals surface area contributed by atoms with Crippen molar-refractivity contribution < 1.29 is 13.5 Å². The number of aliphatic hydroxyl groups is 1. The zero-order valence-electron chi connectivity index (χ0n) is 7.18. The summed E-state index contributed by atoms with van der Waals surface area (Å²) in [5.41, 5.74) is 0. The lowest BCUT2D eigenvalue weighted by atomic mass is 10.1. The minimum atomic E-state index is -3.45. The van der Waals surface area contributed by atoms with Gasteiger partial charge in [0.15, 0.2) is 5.75 Å². The van der Waals surface area contributed by atoms with Gasteiger partial charge in [0.05, 0.1) is 12.2 Å². The van der Waals surface area contributed by atoms with Crippen LogP contribution in [0.5, 0.6) is 0 Å². The quantitative estimate of drug-likeness (QED) is 0.644. The van der Waals surface area contributed by atoms with Gasteiger partial charge >= 0.3 is 0 Å². The molecular formula is C7H12N2O3S. The van der Waals surface area contributed by atoms with Crippen LogP contribution in [0.4, 0.5) is 0 Å². The molecule has 1 fully saturated rings. The van der Waals surface area contributed by atoms with Gasteiger partial charge in [-0.3, -0.25) is 0 Å². The van der Waals surface area contributed by atoms with E-state index in [9.17, 15) is 13.5 Å². The van der Waals surface area contributed by atoms with Crippen LogP contribution in [0.1, 0.15) is 12.8 Å². The molecule has 1 aliphatic heterocycles. The molecule has 0 aromatic carbocycles. The van der Waals surface area contributed by atoms with Crippen molar-refractivity contribution in [2.75, 3.05) is 18.8 Å². The molecule has 74 valence electrons. The van der Waals surface area contributed by atoms with Gasteiger partial charge in [-0.2, -0.15) is 9.57 Å². The van der Waals surface area contributed by atoms with Crippen molar-refractivity contribution in [2.45, 2.75) is 18.9 Å². The van der Waals surface area contributed by atoms with Gasteiger partial charge in [-0.25, -0.2) is 8.42 Å². The van der Waals surface area contributed by atoms with Crippen molar-refractivity contribution in [2.24, 2.45) is 0 Å². The lowest BCUT2D eigenvalue weighted by molar-refractivity contribution is 0.108. The molecule has 0 aliphatic carbocycles. The maximum atomic E-state index is 11.3. The third-order valence-electron chi connectivity index (χ3n) is 2.00. The van der Waals surface area contributed by atoms with Gasteiger partial charge in [-0.05, 0) is 12.8 Å². The second kappa shape index (κ2) is 4.05. The van der Waals surface area contributed by atoms with Gasteiger partial charge in [-0.15, -0.1) is 0 Å². The predicted octanol–water partition coefficient (Wildman–Crippen LogP) is -0.704. The Morgan fingerprint density at radius 1 is 1.62 bits per heavy atom. The first-order valence-corrected chi connectivity index (χ1v) is 5.70. The highest BCUT2D eigenvalue weighted by atomic mass is 32.2. The first-order chi connectivity index (χ1) is 6.06. The van der Waals surface area contributed by atoms with Gasteiger partial charge in [-0.1, -0.05) is 0 Å². The Kier molecular flexibility index (Phi) is 3.25. The topological polar surface area (TPSA) is 81.4 Å². The molecule has 0 bridgehead atoms. The number of hydrogen-bond acceptors (Lipinski definition) is 4. The van der Waals surface area contributed by atoms with Gasteiger partial charge in [0, 0.05) is 13.1 Å². The third-order valence-corrected chi connectivity index (χ3v) is 3.61. The summed E-state index contributed by atoms with van der Waals surface area (Å²) in [7, 11) is -3.45. The fraction of sp³-hybridized carbons (Fsp3) is 0.857. The SMILES string of the molecule is N#CCS(=O)(=O)N1CCC[C@H](O)C1. The predicted molar refractivity (Wildman–Crippen MR) is 46.2 cm³/mol. The lowest BCUT2D eigenvalue weighted by Crippen LogP contribution is -2.42. The van der Waals surface area contributed by atoms with Crippen molar-refractivity contribution >= 4 is 10.0 Å². The van der Waals surface area contributed by atoms with Crippen LogP contribution in [0.3, 0.4) is 0 Å². The van der Waals surface area contributed by atoms with E-state index in [1.807, 2.05) is 0 Å². The average molecular weight is 204 g/mol. The molecular weight excluding hydrogens is 192 g/mol. The molecule has 0 radical (unpaired) electrons. The molecule has 5 nitrogen and oxygen atoms in total. The lowest BCUT2D eigenvalue weighted by Gasteiger charge is -2.28. The maximum Gasteiger partial charge on any atom is 0.227 e. The zero-order chi connectivity index (χ0) is 9.90. The van der Waals surface area contributed by atoms with Crippen LogP contribution in [-0.2, 0) is 10.0 Å². The van der Waals surface area contributed by atoms with E-state index in [1.54, 1.807) is 6.07 Å². The summed E-state index contributed by atoms with van der Waals surface area (Å²) < 4.78 is 23.8. The Hall–Kier alpha value is -0.640. The van der Waals surface area contributed by atoms with E-state index in [-0.39, 0.29) is 6.54 Å². The number of aliphatic hydroxyl groups excluding tert-OH is 1. The average Bonchev–Trinajstić information content (AvgIpc) is 2.04. The molecule has 1 saturated heterocycles. The van der Waals surface area contributed by atoms with Gasteiger partial charge < -0.3 is 5.11 Å². The van der Waals surface area contributed by atoms with Crippen molar-refractivity contribution in [3.8, 4) is 6.07 Å². The largest absolute Gasteiger partial charge is 0.392 e. The van der Waals surface area contributed by atoms with Gasteiger partial charge in [0.2, 0.25) is 10.0 Å². The van der Waals surface area contributed by atoms with Crippen molar-refractivity contribution in [3.63, 3.8) is 0 Å². The highest BCUT2D eigenvalue weighted by Gasteiger charge is 2.27. The smallest absolute Gasteiger partial charge is 0.227 e. The second-order valence-electron chi connectivity index (χ2n) is 3.07. The molecule has 0 saturated carbocycles. The van der Waals surface area contributed by atoms with Crippen LogP contribution >= 0.6 is 0 Å². The molecule has 13 heavy (non-hydrogen) atoms. The zero-order valence-corrected chi connectivity index (χ0v) is 8.00. The Morgan fingerprint density at radius 3 is 2.85 bits per heavy atom. The number of rotatable bonds is 2. The fourth-order valence-electron chi connectivity index (χ4n) is 1.35. The Bertz CT molecular complexity index is 306. The Labute approximate surface area is 77.6 Å². The molecule has 1 N–H and O–H groups in total. The van der Waals surface area contributed by atoms with Crippen LogP contribution in [-0.4, -0.2) is 42.8 Å². The molecule has 1 aliphatic rings. The van der Waals surface area contributed by atoms with E-state index in [4.69, 9.17) is 5.26 Å². The standard InChI is InChI=1S/C7H12N2O3S/c8-3-5-13(11,12)9-4-1-2-7(10)6-9/h7,10H,1-2,4-6H2/t7-/m0/s1. The number of sulfonamides is 1. The Balaban J connectivity index is 2.66. The molecule has 1 atom stereocenters. The highest BCUT2D eigenvalue weighted by Crippen LogP contribution is 2.13. The number of nitrogens with zero attached hydrogens (tertiary/aromatic N) is 2. The highest BCUT2D eigenvalue weighted by molar-refractivity contribution is 7.89. The van der Waals surface area contributed by atoms with Crippen LogP contribution in [0.2, 0.25) is 0 Å². The van der Waals surface area contributed by atoms with Crippen LogP contribution in [0, 0.1) is 11.3 Å². The summed E-state index contributed by atoms with van der Waals surface area (Å²) in [6.45, 7) is 0.547. The summed E-state index contributed by atoms with van der Waals surface area (Å²) in [6, 6.07) is 1.61. The van der Waals surface area contributed by atoms with Gasteiger partial charge in [0.1, 0.15) is 0 Å². The van der Waals surface area contributed by atoms with E-state index in [0.717, 1.165) is 0 Å². The molecule has 0 aromatic rings. The van der Waals surface area contributed by atoms with Crippen molar-refractivity contribution in [1.29, 1.82) is 5.26 Å². The number of β-amino-alcohol motifs (C(OH)–C–C–N with tert-alkyl or cyclic N) is 1. The monoisotopic (exact) mass is 204 g/mol. The molecule has 0 spiro atoms. The molecule has 6 heteroatoms. The van der Waals surface area contributed by atoms with Crippen molar-refractivity contribution in [1.82, 2.24) is 4.31 Å². The van der Waals surface area contributed by atoms with E-state index in [0.29, 0.717) is 19.4 Å². The third kappa shape index (κ3) is 2.66. The molecule has 1 heterocycles. The number of piperidine rings is 1. The summed E-state index contributed by atoms with van der Waals surface area (Å²) in [5.74, 6) is -0.500. The second-order valence-corrected chi connectivity index (χ2v) is 5.04. The summed E-state index contributed by atoms with van der Waals surface area (Å²) in [5, 5.41) is 17.5. The van der Waals surface area contributed by atoms with Crippen LogP contribution in [0.25, 0.3) is 0 Å². The minimum absolute atomic E-state index is 0.129. The summed E-state index contributed by atoms with van der Waals surface area (Å²) >= 11 is 0. The number of nitriles is 1. The minimum Gasteiger partial charge on any atom is -0.392 e. The number of hydrogen-bond donors (Lipinski definition) is 1. The van der Waals surface area contributed by atoms with E-state index in [2.05, 4.69) is 0 Å². The fourth-order valence-corrected chi connectivity index (χ4v) is 2.50. The van der Waals surface area contributed by atoms with Crippen LogP contribution in [0.15, 0.2) is 0 Å². The van der Waals surface area contributed by atoms with E-state index in [1.165, 1.54) is 4.31 Å². The summed E-state index contributed by atoms with van der Waals surface area (Å²) in [6.07, 6.45) is 0.715. The van der Waals surface area contributed by atoms with Gasteiger partial charge in [0.25, 0.3) is 0 Å². The summed E-state index contributed by atoms with van der Waals surface area (Å²) in [4.78, 5) is 0. The van der Waals surface area contributed by atoms with E-state index >= 15 is 0 Å². The maximum absolute atomic E-state index is 11.3. The first kappa shape index (κ1) is 10.4. The van der Waals surface area contributed by atoms with Crippen LogP contribution < -0.4 is 0 Å².